The molecule has 0 spiro atoms. The Morgan fingerprint density at radius 2 is 1.95 bits per heavy atom. The number of rotatable bonds is 8. The van der Waals surface area contributed by atoms with E-state index in [1.807, 2.05) is 13.0 Å². The maximum atomic E-state index is 11.8. The predicted octanol–water partition coefficient (Wildman–Crippen LogP) is 1.79. The van der Waals surface area contributed by atoms with E-state index in [9.17, 15) is 13.2 Å². The number of nitrogens with one attached hydrogen (secondary N) is 2. The molecule has 0 bridgehead atoms. The SMILES string of the molecule is CCC[C@H](C)C(=O)NCc1cccc(CS(=O)(=O)NC)c1. The van der Waals surface area contributed by atoms with Gasteiger partial charge in [0.1, 0.15) is 0 Å². The van der Waals surface area contributed by atoms with Gasteiger partial charge in [-0.05, 0) is 24.6 Å². The molecule has 0 fully saturated rings. The van der Waals surface area contributed by atoms with Crippen LogP contribution in [-0.2, 0) is 27.1 Å². The van der Waals surface area contributed by atoms with Gasteiger partial charge in [0.25, 0.3) is 0 Å². The van der Waals surface area contributed by atoms with Crippen molar-refractivity contribution in [1.29, 1.82) is 0 Å². The third-order valence-corrected chi connectivity index (χ3v) is 4.63. The van der Waals surface area contributed by atoms with Crippen LogP contribution >= 0.6 is 0 Å². The second kappa shape index (κ2) is 8.14. The zero-order chi connectivity index (χ0) is 15.9. The first-order valence-electron chi connectivity index (χ1n) is 7.14. The molecule has 2 N–H and O–H groups in total. The van der Waals surface area contributed by atoms with Crippen molar-refractivity contribution in [3.8, 4) is 0 Å². The maximum Gasteiger partial charge on any atom is 0.223 e. The van der Waals surface area contributed by atoms with Gasteiger partial charge in [0.05, 0.1) is 5.75 Å². The molecular formula is C15H24N2O3S. The molecule has 0 heterocycles. The molecule has 0 aromatic heterocycles. The summed E-state index contributed by atoms with van der Waals surface area (Å²) in [5, 5.41) is 2.88. The van der Waals surface area contributed by atoms with Crippen LogP contribution in [0.15, 0.2) is 24.3 Å². The van der Waals surface area contributed by atoms with Crippen LogP contribution in [-0.4, -0.2) is 21.4 Å². The highest BCUT2D eigenvalue weighted by molar-refractivity contribution is 7.88. The first kappa shape index (κ1) is 17.7. The van der Waals surface area contributed by atoms with Gasteiger partial charge in [-0.25, -0.2) is 13.1 Å². The zero-order valence-corrected chi connectivity index (χ0v) is 13.7. The van der Waals surface area contributed by atoms with Crippen molar-refractivity contribution in [1.82, 2.24) is 10.0 Å². The lowest BCUT2D eigenvalue weighted by Gasteiger charge is -2.11. The number of amides is 1. The fraction of sp³-hybridized carbons (Fsp3) is 0.533. The smallest absolute Gasteiger partial charge is 0.223 e. The molecule has 0 unspecified atom stereocenters. The minimum absolute atomic E-state index is 0.00264. The van der Waals surface area contributed by atoms with Gasteiger partial charge in [-0.1, -0.05) is 44.5 Å². The van der Waals surface area contributed by atoms with Gasteiger partial charge in [-0.3, -0.25) is 4.79 Å². The fourth-order valence-corrected chi connectivity index (χ4v) is 2.81. The predicted molar refractivity (Wildman–Crippen MR) is 84.0 cm³/mol. The Morgan fingerprint density at radius 1 is 1.29 bits per heavy atom. The van der Waals surface area contributed by atoms with Gasteiger partial charge in [0.2, 0.25) is 15.9 Å². The Bertz CT molecular complexity index is 570. The van der Waals surface area contributed by atoms with Gasteiger partial charge >= 0.3 is 0 Å². The fourth-order valence-electron chi connectivity index (χ4n) is 2.05. The lowest BCUT2D eigenvalue weighted by atomic mass is 10.1. The van der Waals surface area contributed by atoms with Crippen molar-refractivity contribution in [3.63, 3.8) is 0 Å². The molecule has 1 aromatic carbocycles. The molecule has 0 saturated carbocycles. The maximum absolute atomic E-state index is 11.8. The second-order valence-corrected chi connectivity index (χ2v) is 7.12. The van der Waals surface area contributed by atoms with Crippen molar-refractivity contribution in [2.24, 2.45) is 5.92 Å². The second-order valence-electron chi connectivity index (χ2n) is 5.19. The highest BCUT2D eigenvalue weighted by Gasteiger charge is 2.12. The summed E-state index contributed by atoms with van der Waals surface area (Å²) in [5.41, 5.74) is 1.61. The quantitative estimate of drug-likeness (QED) is 0.768. The third-order valence-electron chi connectivity index (χ3n) is 3.30. The highest BCUT2D eigenvalue weighted by Crippen LogP contribution is 2.10. The van der Waals surface area contributed by atoms with Gasteiger partial charge in [-0.15, -0.1) is 0 Å². The van der Waals surface area contributed by atoms with E-state index in [1.54, 1.807) is 18.2 Å². The molecule has 1 rings (SSSR count). The Kier molecular flexibility index (Phi) is 6.84. The number of sulfonamides is 1. The van der Waals surface area contributed by atoms with Crippen LogP contribution in [0.25, 0.3) is 0 Å². The van der Waals surface area contributed by atoms with E-state index in [1.165, 1.54) is 7.05 Å². The van der Waals surface area contributed by atoms with E-state index in [2.05, 4.69) is 17.0 Å². The Labute approximate surface area is 127 Å². The molecule has 5 nitrogen and oxygen atoms in total. The van der Waals surface area contributed by atoms with Crippen molar-refractivity contribution < 1.29 is 13.2 Å². The molecule has 0 radical (unpaired) electrons. The van der Waals surface area contributed by atoms with Crippen LogP contribution in [0.3, 0.4) is 0 Å². The van der Waals surface area contributed by atoms with E-state index in [0.717, 1.165) is 18.4 Å². The van der Waals surface area contributed by atoms with Crippen LogP contribution in [0.2, 0.25) is 0 Å². The van der Waals surface area contributed by atoms with Crippen LogP contribution in [0.4, 0.5) is 0 Å². The average molecular weight is 312 g/mol. The third kappa shape index (κ3) is 6.27. The van der Waals surface area contributed by atoms with Gasteiger partial charge in [0, 0.05) is 12.5 Å². The highest BCUT2D eigenvalue weighted by atomic mass is 32.2. The summed E-state index contributed by atoms with van der Waals surface area (Å²) in [5.74, 6) is -0.0229. The van der Waals surface area contributed by atoms with Crippen molar-refractivity contribution in [2.75, 3.05) is 7.05 Å². The lowest BCUT2D eigenvalue weighted by molar-refractivity contribution is -0.124. The number of hydrogen-bond acceptors (Lipinski definition) is 3. The Balaban J connectivity index is 2.63. The lowest BCUT2D eigenvalue weighted by Crippen LogP contribution is -2.28. The first-order valence-corrected chi connectivity index (χ1v) is 8.80. The molecule has 1 aromatic rings. The molecule has 118 valence electrons. The number of carbonyl (C=O) groups is 1. The summed E-state index contributed by atoms with van der Waals surface area (Å²) in [6.07, 6.45) is 1.85. The summed E-state index contributed by atoms with van der Waals surface area (Å²) < 4.78 is 25.3. The topological polar surface area (TPSA) is 75.3 Å². The van der Waals surface area contributed by atoms with Crippen molar-refractivity contribution >= 4 is 15.9 Å². The standard InChI is InChI=1S/C15H24N2O3S/c1-4-6-12(2)15(18)17-10-13-7-5-8-14(9-13)11-21(19,20)16-3/h5,7-9,12,16H,4,6,10-11H2,1-3H3,(H,17,18)/t12-/m0/s1. The first-order chi connectivity index (χ1) is 9.88. The molecule has 0 aliphatic carbocycles. The molecule has 1 atom stereocenters. The van der Waals surface area contributed by atoms with Crippen LogP contribution in [0.1, 0.15) is 37.8 Å². The Hall–Kier alpha value is -1.40. The van der Waals surface area contributed by atoms with Crippen LogP contribution < -0.4 is 10.0 Å². The zero-order valence-electron chi connectivity index (χ0n) is 12.8. The van der Waals surface area contributed by atoms with Crippen molar-refractivity contribution in [2.45, 2.75) is 39.0 Å². The normalized spacial score (nSPS) is 12.9. The van der Waals surface area contributed by atoms with Crippen LogP contribution in [0, 0.1) is 5.92 Å². The molecule has 6 heteroatoms. The molecule has 0 aliphatic heterocycles. The Morgan fingerprint density at radius 3 is 2.57 bits per heavy atom. The van der Waals surface area contributed by atoms with Gasteiger partial charge in [0.15, 0.2) is 0 Å². The summed E-state index contributed by atoms with van der Waals surface area (Å²) >= 11 is 0. The van der Waals surface area contributed by atoms with E-state index in [4.69, 9.17) is 0 Å². The van der Waals surface area contributed by atoms with Gasteiger partial charge < -0.3 is 5.32 Å². The summed E-state index contributed by atoms with van der Waals surface area (Å²) in [7, 11) is -1.88. The molecule has 0 saturated heterocycles. The van der Waals surface area contributed by atoms with E-state index in [-0.39, 0.29) is 17.6 Å². The largest absolute Gasteiger partial charge is 0.352 e. The molecule has 0 aliphatic rings. The number of carbonyl (C=O) groups excluding carboxylic acids is 1. The molecule has 1 amide bonds. The minimum Gasteiger partial charge on any atom is -0.352 e. The number of benzene rings is 1. The van der Waals surface area contributed by atoms with E-state index in [0.29, 0.717) is 12.1 Å². The van der Waals surface area contributed by atoms with E-state index < -0.39 is 10.0 Å². The monoisotopic (exact) mass is 312 g/mol. The minimum atomic E-state index is -3.28. The van der Waals surface area contributed by atoms with Gasteiger partial charge in [-0.2, -0.15) is 0 Å². The average Bonchev–Trinajstić information content (AvgIpc) is 2.45. The van der Waals surface area contributed by atoms with Crippen molar-refractivity contribution in [3.05, 3.63) is 35.4 Å². The summed E-state index contributed by atoms with van der Waals surface area (Å²) in [6.45, 7) is 4.38. The molecule has 21 heavy (non-hydrogen) atoms. The van der Waals surface area contributed by atoms with Crippen LogP contribution in [0.5, 0.6) is 0 Å². The van der Waals surface area contributed by atoms with E-state index >= 15 is 0 Å². The molecular weight excluding hydrogens is 288 g/mol. The number of hydrogen-bond donors (Lipinski definition) is 2. The summed E-state index contributed by atoms with van der Waals surface area (Å²) in [6, 6.07) is 7.25. The summed E-state index contributed by atoms with van der Waals surface area (Å²) in [4.78, 5) is 11.8.